The van der Waals surface area contributed by atoms with Crippen LogP contribution in [0.3, 0.4) is 0 Å². The number of piperidine rings is 1. The van der Waals surface area contributed by atoms with E-state index < -0.39 is 0 Å². The lowest BCUT2D eigenvalue weighted by Crippen LogP contribution is -2.29. The highest BCUT2D eigenvalue weighted by Gasteiger charge is 2.20. The van der Waals surface area contributed by atoms with Crippen molar-refractivity contribution in [3.05, 3.63) is 53.7 Å². The van der Waals surface area contributed by atoms with E-state index in [9.17, 15) is 4.39 Å². The van der Waals surface area contributed by atoms with Crippen LogP contribution < -0.4 is 5.32 Å². The van der Waals surface area contributed by atoms with Crippen LogP contribution in [0.4, 0.5) is 16.0 Å². The van der Waals surface area contributed by atoms with Gasteiger partial charge in [0.05, 0.1) is 18.1 Å². The summed E-state index contributed by atoms with van der Waals surface area (Å²) in [7, 11) is 2.12. The number of likely N-dealkylation sites (tertiary alicyclic amines) is 1. The topological polar surface area (TPSA) is 93.5 Å². The molecule has 1 aliphatic rings. The second-order valence-corrected chi connectivity index (χ2v) is 7.01. The SMILES string of the molecule is CN1CCC(c2ccc(-c3cc(Nc4cnc(C#N)cn4)n[nH]3)c(F)c2)CC1. The van der Waals surface area contributed by atoms with Gasteiger partial charge in [-0.05, 0) is 56.6 Å². The number of hydrogen-bond donors (Lipinski definition) is 2. The summed E-state index contributed by atoms with van der Waals surface area (Å²) in [5.74, 6) is 1.10. The average molecular weight is 377 g/mol. The van der Waals surface area contributed by atoms with Crippen LogP contribution in [0.5, 0.6) is 0 Å². The van der Waals surface area contributed by atoms with Gasteiger partial charge in [-0.3, -0.25) is 5.10 Å². The summed E-state index contributed by atoms with van der Waals surface area (Å²) in [6, 6.07) is 9.09. The fourth-order valence-electron chi connectivity index (χ4n) is 3.45. The molecule has 3 aromatic rings. The van der Waals surface area contributed by atoms with Gasteiger partial charge in [-0.1, -0.05) is 6.07 Å². The second kappa shape index (κ2) is 7.74. The zero-order chi connectivity index (χ0) is 19.5. The Morgan fingerprint density at radius 2 is 2.00 bits per heavy atom. The number of aromatic nitrogens is 4. The van der Waals surface area contributed by atoms with E-state index in [-0.39, 0.29) is 11.5 Å². The van der Waals surface area contributed by atoms with Crippen molar-refractivity contribution in [3.8, 4) is 17.3 Å². The van der Waals surface area contributed by atoms with Gasteiger partial charge in [-0.15, -0.1) is 0 Å². The number of nitrogens with one attached hydrogen (secondary N) is 2. The second-order valence-electron chi connectivity index (χ2n) is 7.01. The molecule has 2 N–H and O–H groups in total. The Bertz CT molecular complexity index is 998. The van der Waals surface area contributed by atoms with Crippen LogP contribution in [0.2, 0.25) is 0 Å². The van der Waals surface area contributed by atoms with Crippen molar-refractivity contribution < 1.29 is 4.39 Å². The molecule has 0 saturated carbocycles. The van der Waals surface area contributed by atoms with E-state index in [1.807, 2.05) is 18.2 Å². The molecule has 1 aromatic carbocycles. The smallest absolute Gasteiger partial charge is 0.158 e. The third-order valence-electron chi connectivity index (χ3n) is 5.07. The lowest BCUT2D eigenvalue weighted by Gasteiger charge is -2.29. The Labute approximate surface area is 162 Å². The van der Waals surface area contributed by atoms with E-state index in [1.165, 1.54) is 12.4 Å². The van der Waals surface area contributed by atoms with Crippen molar-refractivity contribution >= 4 is 11.6 Å². The Balaban J connectivity index is 1.49. The van der Waals surface area contributed by atoms with Gasteiger partial charge in [0.1, 0.15) is 17.7 Å². The molecule has 2 aromatic heterocycles. The number of hydrogen-bond acceptors (Lipinski definition) is 6. The highest BCUT2D eigenvalue weighted by molar-refractivity contribution is 5.65. The highest BCUT2D eigenvalue weighted by atomic mass is 19.1. The molecule has 7 nitrogen and oxygen atoms in total. The number of benzene rings is 1. The van der Waals surface area contributed by atoms with Crippen molar-refractivity contribution in [2.24, 2.45) is 0 Å². The Hall–Kier alpha value is -3.31. The van der Waals surface area contributed by atoms with Crippen molar-refractivity contribution in [3.63, 3.8) is 0 Å². The third-order valence-corrected chi connectivity index (χ3v) is 5.07. The fourth-order valence-corrected chi connectivity index (χ4v) is 3.45. The first-order valence-corrected chi connectivity index (χ1v) is 9.15. The van der Waals surface area contributed by atoms with Crippen molar-refractivity contribution in [1.29, 1.82) is 5.26 Å². The van der Waals surface area contributed by atoms with Gasteiger partial charge in [0.25, 0.3) is 0 Å². The zero-order valence-electron chi connectivity index (χ0n) is 15.5. The third kappa shape index (κ3) is 3.85. The predicted molar refractivity (Wildman–Crippen MR) is 103 cm³/mol. The standard InChI is InChI=1S/C20H20FN7/c1-28-6-4-13(5-7-28)14-2-3-16(17(21)8-14)18-9-19(27-26-18)25-20-12-23-15(10-22)11-24-20/h2-3,8-9,11-13H,4-7H2,1H3,(H2,24,25,26,27). The number of nitrogens with zero attached hydrogens (tertiary/aromatic N) is 5. The molecule has 0 spiro atoms. The maximum atomic E-state index is 14.8. The molecule has 8 heteroatoms. The van der Waals surface area contributed by atoms with Crippen LogP contribution in [-0.2, 0) is 0 Å². The van der Waals surface area contributed by atoms with Crippen LogP contribution in [0, 0.1) is 17.1 Å². The first kappa shape index (κ1) is 18.1. The first-order chi connectivity index (χ1) is 13.6. The molecular formula is C20H20FN7. The Kier molecular flexibility index (Phi) is 5.00. The summed E-state index contributed by atoms with van der Waals surface area (Å²) in [5, 5.41) is 18.7. The number of aromatic amines is 1. The largest absolute Gasteiger partial charge is 0.322 e. The fraction of sp³-hybridized carbons (Fsp3) is 0.300. The number of anilines is 2. The summed E-state index contributed by atoms with van der Waals surface area (Å²) in [5.41, 5.74) is 2.35. The van der Waals surface area contributed by atoms with E-state index in [1.54, 1.807) is 12.1 Å². The number of rotatable bonds is 4. The number of H-pyrrole nitrogens is 1. The summed E-state index contributed by atoms with van der Waals surface area (Å²) in [6.07, 6.45) is 4.93. The maximum Gasteiger partial charge on any atom is 0.158 e. The predicted octanol–water partition coefficient (Wildman–Crippen LogP) is 3.43. The molecule has 3 heterocycles. The molecule has 0 unspecified atom stereocenters. The number of nitriles is 1. The summed E-state index contributed by atoms with van der Waals surface area (Å²) < 4.78 is 14.8. The Morgan fingerprint density at radius 1 is 1.18 bits per heavy atom. The Morgan fingerprint density at radius 3 is 2.68 bits per heavy atom. The van der Waals surface area contributed by atoms with E-state index in [2.05, 4.69) is 37.4 Å². The van der Waals surface area contributed by atoms with Crippen molar-refractivity contribution in [2.75, 3.05) is 25.5 Å². The average Bonchev–Trinajstić information content (AvgIpc) is 3.17. The van der Waals surface area contributed by atoms with Crippen LogP contribution in [0.25, 0.3) is 11.3 Å². The highest BCUT2D eigenvalue weighted by Crippen LogP contribution is 2.31. The van der Waals surface area contributed by atoms with Gasteiger partial charge in [0, 0.05) is 11.6 Å². The molecule has 0 aliphatic carbocycles. The molecule has 4 rings (SSSR count). The van der Waals surface area contributed by atoms with Gasteiger partial charge in [-0.25, -0.2) is 14.4 Å². The van der Waals surface area contributed by atoms with Crippen molar-refractivity contribution in [1.82, 2.24) is 25.1 Å². The summed E-state index contributed by atoms with van der Waals surface area (Å²) in [6.45, 7) is 2.09. The molecule has 0 atom stereocenters. The molecule has 142 valence electrons. The van der Waals surface area contributed by atoms with E-state index in [4.69, 9.17) is 5.26 Å². The summed E-state index contributed by atoms with van der Waals surface area (Å²) >= 11 is 0. The van der Waals surface area contributed by atoms with Gasteiger partial charge < -0.3 is 10.2 Å². The van der Waals surface area contributed by atoms with E-state index in [0.29, 0.717) is 28.8 Å². The monoisotopic (exact) mass is 377 g/mol. The van der Waals surface area contributed by atoms with Crippen LogP contribution >= 0.6 is 0 Å². The first-order valence-electron chi connectivity index (χ1n) is 9.15. The minimum Gasteiger partial charge on any atom is -0.322 e. The molecule has 0 amide bonds. The molecule has 1 aliphatic heterocycles. The van der Waals surface area contributed by atoms with Gasteiger partial charge in [-0.2, -0.15) is 10.4 Å². The number of halogens is 1. The zero-order valence-corrected chi connectivity index (χ0v) is 15.5. The molecule has 0 bridgehead atoms. The van der Waals surface area contributed by atoms with Crippen LogP contribution in [-0.4, -0.2) is 45.2 Å². The molecule has 28 heavy (non-hydrogen) atoms. The maximum absolute atomic E-state index is 14.8. The van der Waals surface area contributed by atoms with E-state index >= 15 is 0 Å². The minimum atomic E-state index is -0.259. The molecule has 1 fully saturated rings. The quantitative estimate of drug-likeness (QED) is 0.723. The molecule has 1 saturated heterocycles. The van der Waals surface area contributed by atoms with Gasteiger partial charge >= 0.3 is 0 Å². The minimum absolute atomic E-state index is 0.236. The lowest BCUT2D eigenvalue weighted by molar-refractivity contribution is 0.255. The molecular weight excluding hydrogens is 357 g/mol. The van der Waals surface area contributed by atoms with Gasteiger partial charge in [0.2, 0.25) is 0 Å². The van der Waals surface area contributed by atoms with Crippen molar-refractivity contribution in [2.45, 2.75) is 18.8 Å². The van der Waals surface area contributed by atoms with Gasteiger partial charge in [0.15, 0.2) is 11.5 Å². The van der Waals surface area contributed by atoms with Crippen LogP contribution in [0.15, 0.2) is 36.7 Å². The van der Waals surface area contributed by atoms with Crippen LogP contribution in [0.1, 0.15) is 30.0 Å². The lowest BCUT2D eigenvalue weighted by atomic mass is 9.89. The normalized spacial score (nSPS) is 15.3. The summed E-state index contributed by atoms with van der Waals surface area (Å²) in [4.78, 5) is 10.3. The van der Waals surface area contributed by atoms with E-state index in [0.717, 1.165) is 31.5 Å². The molecule has 0 radical (unpaired) electrons.